The zero-order valence-corrected chi connectivity index (χ0v) is 28.3. The zero-order chi connectivity index (χ0) is 32.8. The SMILES string of the molecule is Cc1ccccc1-c1ccc(N(c2ccc3c(c2)C(C)(C)c2ccccc2-3)c2ccc3c(c2)C(C)(C)c2cc4ccccc4cc2-3)cc1. The second kappa shape index (κ2) is 10.3. The van der Waals surface area contributed by atoms with Gasteiger partial charge >= 0.3 is 0 Å². The molecule has 0 N–H and O–H groups in total. The van der Waals surface area contributed by atoms with Gasteiger partial charge in [-0.2, -0.15) is 0 Å². The van der Waals surface area contributed by atoms with Crippen molar-refractivity contribution in [3.05, 3.63) is 173 Å². The van der Waals surface area contributed by atoms with E-state index in [1.807, 2.05) is 0 Å². The van der Waals surface area contributed by atoms with Crippen LogP contribution in [0.15, 0.2) is 146 Å². The second-order valence-electron chi connectivity index (χ2n) is 14.7. The Balaban J connectivity index is 1.21. The van der Waals surface area contributed by atoms with Crippen LogP contribution in [0.2, 0.25) is 0 Å². The fourth-order valence-electron chi connectivity index (χ4n) is 8.51. The molecule has 1 nitrogen and oxygen atoms in total. The summed E-state index contributed by atoms with van der Waals surface area (Å²) in [6.07, 6.45) is 0. The van der Waals surface area contributed by atoms with Crippen LogP contribution in [0.25, 0.3) is 44.2 Å². The lowest BCUT2D eigenvalue weighted by Crippen LogP contribution is -2.18. The molecule has 0 bridgehead atoms. The smallest absolute Gasteiger partial charge is 0.0465 e. The Morgan fingerprint density at radius 3 is 1.52 bits per heavy atom. The van der Waals surface area contributed by atoms with Crippen LogP contribution in [0.3, 0.4) is 0 Å². The third-order valence-electron chi connectivity index (χ3n) is 11.2. The molecule has 7 aromatic carbocycles. The Hall–Kier alpha value is -5.40. The van der Waals surface area contributed by atoms with Gasteiger partial charge in [0.15, 0.2) is 0 Å². The number of nitrogens with zero attached hydrogens (tertiary/aromatic N) is 1. The molecule has 48 heavy (non-hydrogen) atoms. The van der Waals surface area contributed by atoms with Gasteiger partial charge in [-0.3, -0.25) is 0 Å². The van der Waals surface area contributed by atoms with Crippen LogP contribution >= 0.6 is 0 Å². The van der Waals surface area contributed by atoms with E-state index in [0.29, 0.717) is 0 Å². The quantitative estimate of drug-likeness (QED) is 0.190. The van der Waals surface area contributed by atoms with E-state index in [1.165, 1.54) is 83.3 Å². The Kier molecular flexibility index (Phi) is 6.18. The van der Waals surface area contributed by atoms with E-state index in [9.17, 15) is 0 Å². The molecule has 1 heteroatoms. The van der Waals surface area contributed by atoms with Crippen LogP contribution in [0.5, 0.6) is 0 Å². The van der Waals surface area contributed by atoms with Crippen LogP contribution in [0.1, 0.15) is 55.5 Å². The lowest BCUT2D eigenvalue weighted by Gasteiger charge is -2.30. The minimum Gasteiger partial charge on any atom is -0.310 e. The molecular weight excluding hydrogens is 579 g/mol. The lowest BCUT2D eigenvalue weighted by molar-refractivity contribution is 0.660. The monoisotopic (exact) mass is 617 g/mol. The van der Waals surface area contributed by atoms with Gasteiger partial charge in [0.25, 0.3) is 0 Å². The summed E-state index contributed by atoms with van der Waals surface area (Å²) in [5.74, 6) is 0. The summed E-state index contributed by atoms with van der Waals surface area (Å²) < 4.78 is 0. The molecule has 2 aliphatic carbocycles. The Bertz CT molecular complexity index is 2410. The molecule has 0 saturated carbocycles. The summed E-state index contributed by atoms with van der Waals surface area (Å²) in [7, 11) is 0. The summed E-state index contributed by atoms with van der Waals surface area (Å²) in [5, 5.41) is 2.59. The molecular formula is C47H39N. The van der Waals surface area contributed by atoms with Gasteiger partial charge in [-0.1, -0.05) is 125 Å². The molecule has 0 heterocycles. The fourth-order valence-corrected chi connectivity index (χ4v) is 8.51. The Labute approximate surface area is 284 Å². The molecule has 2 aliphatic rings. The third kappa shape index (κ3) is 4.17. The highest BCUT2D eigenvalue weighted by Gasteiger charge is 2.38. The highest BCUT2D eigenvalue weighted by Crippen LogP contribution is 2.53. The fraction of sp³-hybridized carbons (Fsp3) is 0.149. The maximum atomic E-state index is 2.46. The maximum absolute atomic E-state index is 2.46. The average Bonchev–Trinajstić information content (AvgIpc) is 3.47. The molecule has 7 aromatic rings. The van der Waals surface area contributed by atoms with Crippen LogP contribution in [-0.2, 0) is 10.8 Å². The highest BCUT2D eigenvalue weighted by atomic mass is 15.1. The molecule has 232 valence electrons. The van der Waals surface area contributed by atoms with Crippen molar-refractivity contribution >= 4 is 27.8 Å². The number of hydrogen-bond donors (Lipinski definition) is 0. The van der Waals surface area contributed by atoms with Gasteiger partial charge in [0.2, 0.25) is 0 Å². The van der Waals surface area contributed by atoms with Crippen molar-refractivity contribution in [2.24, 2.45) is 0 Å². The van der Waals surface area contributed by atoms with E-state index >= 15 is 0 Å². The topological polar surface area (TPSA) is 3.24 Å². The maximum Gasteiger partial charge on any atom is 0.0465 e. The van der Waals surface area contributed by atoms with Crippen molar-refractivity contribution in [1.82, 2.24) is 0 Å². The van der Waals surface area contributed by atoms with Crippen molar-refractivity contribution in [2.45, 2.75) is 45.4 Å². The summed E-state index contributed by atoms with van der Waals surface area (Å²) >= 11 is 0. The van der Waals surface area contributed by atoms with E-state index in [1.54, 1.807) is 0 Å². The summed E-state index contributed by atoms with van der Waals surface area (Å²) in [5.41, 5.74) is 18.0. The Morgan fingerprint density at radius 1 is 0.375 bits per heavy atom. The van der Waals surface area contributed by atoms with Crippen LogP contribution in [0, 0.1) is 6.92 Å². The number of rotatable bonds is 4. The molecule has 0 fully saturated rings. The minimum absolute atomic E-state index is 0.0775. The Morgan fingerprint density at radius 2 is 0.854 bits per heavy atom. The van der Waals surface area contributed by atoms with Gasteiger partial charge in [0.05, 0.1) is 0 Å². The molecule has 0 radical (unpaired) electrons. The van der Waals surface area contributed by atoms with Crippen molar-refractivity contribution in [2.75, 3.05) is 4.90 Å². The zero-order valence-electron chi connectivity index (χ0n) is 28.3. The molecule has 0 spiro atoms. The van der Waals surface area contributed by atoms with E-state index < -0.39 is 0 Å². The molecule has 0 amide bonds. The highest BCUT2D eigenvalue weighted by molar-refractivity contribution is 5.95. The van der Waals surface area contributed by atoms with E-state index in [-0.39, 0.29) is 10.8 Å². The molecule has 0 saturated heterocycles. The van der Waals surface area contributed by atoms with Crippen LogP contribution in [-0.4, -0.2) is 0 Å². The van der Waals surface area contributed by atoms with Gasteiger partial charge in [0.1, 0.15) is 0 Å². The van der Waals surface area contributed by atoms with Crippen molar-refractivity contribution < 1.29 is 0 Å². The van der Waals surface area contributed by atoms with Gasteiger partial charge in [-0.15, -0.1) is 0 Å². The molecule has 0 unspecified atom stereocenters. The summed E-state index contributed by atoms with van der Waals surface area (Å²) in [6.45, 7) is 11.7. The first-order valence-electron chi connectivity index (χ1n) is 17.1. The number of fused-ring (bicyclic) bond motifs is 7. The molecule has 0 aliphatic heterocycles. The predicted octanol–water partition coefficient (Wildman–Crippen LogP) is 12.9. The first-order chi connectivity index (χ1) is 23.2. The minimum atomic E-state index is -0.118. The second-order valence-corrected chi connectivity index (χ2v) is 14.7. The predicted molar refractivity (Wildman–Crippen MR) is 204 cm³/mol. The van der Waals surface area contributed by atoms with E-state index in [0.717, 1.165) is 5.69 Å². The van der Waals surface area contributed by atoms with Crippen molar-refractivity contribution in [1.29, 1.82) is 0 Å². The summed E-state index contributed by atoms with van der Waals surface area (Å²) in [6, 6.07) is 54.4. The van der Waals surface area contributed by atoms with Crippen LogP contribution in [0.4, 0.5) is 17.1 Å². The van der Waals surface area contributed by atoms with Crippen molar-refractivity contribution in [3.63, 3.8) is 0 Å². The number of benzene rings is 7. The molecule has 0 aromatic heterocycles. The molecule has 0 atom stereocenters. The normalized spacial score (nSPS) is 14.7. The lowest BCUT2D eigenvalue weighted by atomic mass is 9.81. The number of aryl methyl sites for hydroxylation is 1. The van der Waals surface area contributed by atoms with E-state index in [2.05, 4.69) is 185 Å². The first kappa shape index (κ1) is 28.8. The van der Waals surface area contributed by atoms with E-state index in [4.69, 9.17) is 0 Å². The van der Waals surface area contributed by atoms with Crippen molar-refractivity contribution in [3.8, 4) is 33.4 Å². The van der Waals surface area contributed by atoms with Crippen LogP contribution < -0.4 is 4.90 Å². The average molecular weight is 618 g/mol. The standard InChI is InChI=1S/C47H39N/c1-30-12-6-9-15-37(30)31-18-20-34(21-19-31)48(35-22-24-39-38-16-10-11-17-42(38)46(2,3)44(39)28-35)36-23-25-40-41-26-32-13-7-8-14-33(32)27-43(41)47(4,5)45(40)29-36/h6-29H,1-5H3. The van der Waals surface area contributed by atoms with Gasteiger partial charge in [-0.05, 0) is 127 Å². The van der Waals surface area contributed by atoms with Gasteiger partial charge in [0, 0.05) is 27.9 Å². The number of anilines is 3. The summed E-state index contributed by atoms with van der Waals surface area (Å²) in [4.78, 5) is 2.46. The third-order valence-corrected chi connectivity index (χ3v) is 11.2. The van der Waals surface area contributed by atoms with Gasteiger partial charge < -0.3 is 4.90 Å². The van der Waals surface area contributed by atoms with Gasteiger partial charge in [-0.25, -0.2) is 0 Å². The first-order valence-corrected chi connectivity index (χ1v) is 17.1. The largest absolute Gasteiger partial charge is 0.310 e. The molecule has 9 rings (SSSR count). The number of hydrogen-bond acceptors (Lipinski definition) is 1.